The SMILES string of the molecule is Cc1cc(C)nc(-c2ccc(-c3cccc(-c4cc(-c5ccc6ccccc6c5)nc(-c5ccccc5)n4)c3)cc2-c2cccc(-c3cc(-c4ccccc4)nc(-c4ccccc4)n3)c2)n1. The average Bonchev–Trinajstić information content (AvgIpc) is 3.38. The number of hydrogen-bond donors (Lipinski definition) is 0. The van der Waals surface area contributed by atoms with Crippen molar-refractivity contribution in [3.05, 3.63) is 230 Å². The molecule has 11 rings (SSSR count). The van der Waals surface area contributed by atoms with E-state index in [9.17, 15) is 0 Å². The Morgan fingerprint density at radius 3 is 1.24 bits per heavy atom. The second-order valence-electron chi connectivity index (χ2n) is 16.5. The van der Waals surface area contributed by atoms with Crippen LogP contribution in [0.4, 0.5) is 0 Å². The first-order valence-corrected chi connectivity index (χ1v) is 22.1. The minimum absolute atomic E-state index is 0.674. The number of nitrogens with zero attached hydrogens (tertiary/aromatic N) is 6. The van der Waals surface area contributed by atoms with Gasteiger partial charge in [0.15, 0.2) is 17.5 Å². The van der Waals surface area contributed by atoms with E-state index in [2.05, 4.69) is 158 Å². The van der Waals surface area contributed by atoms with Crippen molar-refractivity contribution in [1.82, 2.24) is 29.9 Å². The summed E-state index contributed by atoms with van der Waals surface area (Å²) in [5.41, 5.74) is 16.3. The molecule has 0 N–H and O–H groups in total. The summed E-state index contributed by atoms with van der Waals surface area (Å²) in [6, 6.07) is 75.5. The quantitative estimate of drug-likeness (QED) is 0.144. The maximum atomic E-state index is 5.18. The van der Waals surface area contributed by atoms with Gasteiger partial charge < -0.3 is 0 Å². The van der Waals surface area contributed by atoms with Gasteiger partial charge in [-0.2, -0.15) is 0 Å². The van der Waals surface area contributed by atoms with Crippen LogP contribution in [0.3, 0.4) is 0 Å². The van der Waals surface area contributed by atoms with Crippen molar-refractivity contribution >= 4 is 10.8 Å². The third-order valence-corrected chi connectivity index (χ3v) is 11.8. The van der Waals surface area contributed by atoms with Crippen molar-refractivity contribution in [2.24, 2.45) is 0 Å². The van der Waals surface area contributed by atoms with E-state index in [1.54, 1.807) is 0 Å². The van der Waals surface area contributed by atoms with Crippen LogP contribution in [-0.4, -0.2) is 29.9 Å². The lowest BCUT2D eigenvalue weighted by Crippen LogP contribution is -1.98. The van der Waals surface area contributed by atoms with Crippen LogP contribution in [0.2, 0.25) is 0 Å². The highest BCUT2D eigenvalue weighted by Gasteiger charge is 2.17. The fourth-order valence-electron chi connectivity index (χ4n) is 8.58. The average molecular weight is 847 g/mol. The van der Waals surface area contributed by atoms with Gasteiger partial charge in [0.1, 0.15) is 0 Å². The van der Waals surface area contributed by atoms with Gasteiger partial charge in [-0.3, -0.25) is 0 Å². The van der Waals surface area contributed by atoms with Crippen LogP contribution in [0.1, 0.15) is 11.4 Å². The number of benzene rings is 8. The molecule has 8 aromatic carbocycles. The van der Waals surface area contributed by atoms with Crippen LogP contribution >= 0.6 is 0 Å². The zero-order chi connectivity index (χ0) is 44.4. The zero-order valence-electron chi connectivity index (χ0n) is 36.5. The van der Waals surface area contributed by atoms with Gasteiger partial charge in [0.25, 0.3) is 0 Å². The minimum atomic E-state index is 0.674. The Hall–Kier alpha value is -8.74. The first-order valence-electron chi connectivity index (χ1n) is 22.1. The normalized spacial score (nSPS) is 11.2. The molecule has 0 bridgehead atoms. The van der Waals surface area contributed by atoms with Gasteiger partial charge in [0.05, 0.1) is 22.8 Å². The number of rotatable bonds is 9. The zero-order valence-corrected chi connectivity index (χ0v) is 36.5. The van der Waals surface area contributed by atoms with E-state index in [0.717, 1.165) is 95.4 Å². The third-order valence-electron chi connectivity index (χ3n) is 11.8. The van der Waals surface area contributed by atoms with E-state index in [1.807, 2.05) is 74.5 Å². The summed E-state index contributed by atoms with van der Waals surface area (Å²) in [5, 5.41) is 2.36. The monoisotopic (exact) mass is 846 g/mol. The van der Waals surface area contributed by atoms with Crippen molar-refractivity contribution in [3.63, 3.8) is 0 Å². The Labute approximate surface area is 384 Å². The van der Waals surface area contributed by atoms with E-state index in [0.29, 0.717) is 17.5 Å². The van der Waals surface area contributed by atoms with Gasteiger partial charge in [0, 0.05) is 50.3 Å². The Balaban J connectivity index is 1.04. The molecule has 3 aromatic heterocycles. The summed E-state index contributed by atoms with van der Waals surface area (Å²) in [4.78, 5) is 30.4. The fraction of sp³-hybridized carbons (Fsp3) is 0.0333. The van der Waals surface area contributed by atoms with E-state index in [4.69, 9.17) is 29.9 Å². The van der Waals surface area contributed by atoms with Crippen molar-refractivity contribution in [1.29, 1.82) is 0 Å². The molecule has 3 heterocycles. The van der Waals surface area contributed by atoms with Crippen molar-refractivity contribution in [2.45, 2.75) is 13.8 Å². The van der Waals surface area contributed by atoms with Crippen LogP contribution in [0.25, 0.3) is 112 Å². The second kappa shape index (κ2) is 17.4. The molecule has 0 fully saturated rings. The standard InChI is InChI=1S/C60H42N6/c1-39-32-40(2)62-60(61-39)52-31-30-47(36-53(52)48-25-15-27-50(35-48)55-37-54(42-17-6-3-7-18-42)63-58(64-55)43-19-8-4-9-20-43)46-24-14-26-49(34-46)56-38-57(66-59(65-56)44-21-10-5-11-22-44)51-29-28-41-16-12-13-23-45(41)33-51/h3-38H,1-2H3. The maximum Gasteiger partial charge on any atom is 0.160 e. The molecule has 312 valence electrons. The van der Waals surface area contributed by atoms with E-state index >= 15 is 0 Å². The molecule has 0 aliphatic heterocycles. The molecular weight excluding hydrogens is 805 g/mol. The highest BCUT2D eigenvalue weighted by Crippen LogP contribution is 2.38. The summed E-state index contributed by atoms with van der Waals surface area (Å²) >= 11 is 0. The van der Waals surface area contributed by atoms with Gasteiger partial charge in [-0.05, 0) is 95.4 Å². The van der Waals surface area contributed by atoms with Crippen LogP contribution < -0.4 is 0 Å². The maximum absolute atomic E-state index is 5.18. The van der Waals surface area contributed by atoms with Crippen LogP contribution in [-0.2, 0) is 0 Å². The summed E-state index contributed by atoms with van der Waals surface area (Å²) in [6.07, 6.45) is 0. The highest BCUT2D eigenvalue weighted by molar-refractivity contribution is 5.89. The number of fused-ring (bicyclic) bond motifs is 1. The molecule has 0 spiro atoms. The smallest absolute Gasteiger partial charge is 0.160 e. The molecule has 66 heavy (non-hydrogen) atoms. The second-order valence-corrected chi connectivity index (χ2v) is 16.5. The lowest BCUT2D eigenvalue weighted by atomic mass is 9.92. The molecule has 11 aromatic rings. The lowest BCUT2D eigenvalue weighted by molar-refractivity contribution is 1.06. The molecular formula is C60H42N6. The van der Waals surface area contributed by atoms with Crippen molar-refractivity contribution in [2.75, 3.05) is 0 Å². The number of aromatic nitrogens is 6. The van der Waals surface area contributed by atoms with Gasteiger partial charge in [0.2, 0.25) is 0 Å². The molecule has 6 nitrogen and oxygen atoms in total. The summed E-state index contributed by atoms with van der Waals surface area (Å²) in [6.45, 7) is 4.04. The summed E-state index contributed by atoms with van der Waals surface area (Å²) in [5.74, 6) is 2.04. The molecule has 0 aliphatic rings. The Morgan fingerprint density at radius 2 is 0.652 bits per heavy atom. The van der Waals surface area contributed by atoms with E-state index in [1.165, 1.54) is 10.8 Å². The van der Waals surface area contributed by atoms with Gasteiger partial charge in [-0.1, -0.05) is 170 Å². The Bertz CT molecular complexity index is 3470. The number of aryl methyl sites for hydroxylation is 2. The highest BCUT2D eigenvalue weighted by atomic mass is 14.9. The molecule has 6 heteroatoms. The van der Waals surface area contributed by atoms with Crippen LogP contribution in [0, 0.1) is 13.8 Å². The largest absolute Gasteiger partial charge is 0.233 e. The van der Waals surface area contributed by atoms with Gasteiger partial charge >= 0.3 is 0 Å². The summed E-state index contributed by atoms with van der Waals surface area (Å²) in [7, 11) is 0. The van der Waals surface area contributed by atoms with Crippen LogP contribution in [0.15, 0.2) is 218 Å². The Kier molecular flexibility index (Phi) is 10.6. The molecule has 0 saturated carbocycles. The van der Waals surface area contributed by atoms with E-state index in [-0.39, 0.29) is 0 Å². The summed E-state index contributed by atoms with van der Waals surface area (Å²) < 4.78 is 0. The van der Waals surface area contributed by atoms with Crippen molar-refractivity contribution < 1.29 is 0 Å². The topological polar surface area (TPSA) is 77.3 Å². The number of hydrogen-bond acceptors (Lipinski definition) is 6. The molecule has 0 amide bonds. The Morgan fingerprint density at radius 1 is 0.227 bits per heavy atom. The predicted octanol–water partition coefficient (Wildman–Crippen LogP) is 14.8. The lowest BCUT2D eigenvalue weighted by Gasteiger charge is -2.15. The molecule has 0 saturated heterocycles. The first kappa shape index (κ1) is 40.1. The predicted molar refractivity (Wildman–Crippen MR) is 269 cm³/mol. The van der Waals surface area contributed by atoms with Gasteiger partial charge in [-0.15, -0.1) is 0 Å². The molecule has 0 atom stereocenters. The van der Waals surface area contributed by atoms with Crippen LogP contribution in [0.5, 0.6) is 0 Å². The van der Waals surface area contributed by atoms with Crippen molar-refractivity contribution in [3.8, 4) is 101 Å². The fourth-order valence-corrected chi connectivity index (χ4v) is 8.58. The molecule has 0 unspecified atom stereocenters. The third kappa shape index (κ3) is 8.27. The minimum Gasteiger partial charge on any atom is -0.233 e. The molecule has 0 aliphatic carbocycles. The van der Waals surface area contributed by atoms with Gasteiger partial charge in [-0.25, -0.2) is 29.9 Å². The van der Waals surface area contributed by atoms with E-state index < -0.39 is 0 Å². The first-order chi connectivity index (χ1) is 32.5. The molecule has 0 radical (unpaired) electrons.